The number of hydrogen-bond donors (Lipinski definition) is 2. The SMILES string of the molecule is Cc1ccc(S(=O)(=O)n2cc(-c3ncc(F)c(NC4CCCC[C@]4(C)C(=O)O)n3)c3cc(Cl)cnc32)cc1. The largest absolute Gasteiger partial charge is 0.481 e. The number of nitrogens with one attached hydrogen (secondary N) is 1. The number of aromatic nitrogens is 4. The highest BCUT2D eigenvalue weighted by molar-refractivity contribution is 7.90. The molecule has 9 nitrogen and oxygen atoms in total. The predicted octanol–water partition coefficient (Wildman–Crippen LogP) is 5.28. The highest BCUT2D eigenvalue weighted by Crippen LogP contribution is 2.39. The van der Waals surface area contributed by atoms with Gasteiger partial charge in [-0.25, -0.2) is 31.7 Å². The number of anilines is 1. The van der Waals surface area contributed by atoms with E-state index >= 15 is 0 Å². The van der Waals surface area contributed by atoms with E-state index in [1.54, 1.807) is 25.1 Å². The number of halogens is 2. The summed E-state index contributed by atoms with van der Waals surface area (Å²) < 4.78 is 42.9. The first-order valence-electron chi connectivity index (χ1n) is 12.0. The molecule has 1 fully saturated rings. The van der Waals surface area contributed by atoms with Crippen LogP contribution in [0.25, 0.3) is 22.4 Å². The zero-order valence-electron chi connectivity index (χ0n) is 20.6. The summed E-state index contributed by atoms with van der Waals surface area (Å²) in [6.45, 7) is 3.50. The second-order valence-corrected chi connectivity index (χ2v) is 12.0. The van der Waals surface area contributed by atoms with Gasteiger partial charge in [-0.05, 0) is 44.9 Å². The molecule has 0 saturated heterocycles. The molecule has 0 bridgehead atoms. The highest BCUT2D eigenvalue weighted by Gasteiger charge is 2.43. The molecule has 0 radical (unpaired) electrons. The van der Waals surface area contributed by atoms with Crippen molar-refractivity contribution >= 4 is 44.4 Å². The maximum Gasteiger partial charge on any atom is 0.311 e. The molecule has 4 aromatic rings. The molecule has 1 aromatic carbocycles. The normalized spacial score (nSPS) is 19.9. The van der Waals surface area contributed by atoms with Gasteiger partial charge in [-0.3, -0.25) is 4.79 Å². The summed E-state index contributed by atoms with van der Waals surface area (Å²) >= 11 is 6.19. The van der Waals surface area contributed by atoms with Gasteiger partial charge in [0.1, 0.15) is 0 Å². The molecule has 0 spiro atoms. The van der Waals surface area contributed by atoms with Gasteiger partial charge < -0.3 is 10.4 Å². The molecule has 2 atom stereocenters. The van der Waals surface area contributed by atoms with Gasteiger partial charge >= 0.3 is 5.97 Å². The van der Waals surface area contributed by atoms with Crippen molar-refractivity contribution in [2.45, 2.75) is 50.5 Å². The number of carboxylic acids is 1. The Morgan fingerprint density at radius 3 is 2.66 bits per heavy atom. The first-order chi connectivity index (χ1) is 18.0. The van der Waals surface area contributed by atoms with Gasteiger partial charge in [0.05, 0.1) is 21.5 Å². The molecule has 2 N–H and O–H groups in total. The van der Waals surface area contributed by atoms with E-state index in [-0.39, 0.29) is 32.8 Å². The minimum absolute atomic E-state index is 0.0358. The highest BCUT2D eigenvalue weighted by atomic mass is 35.5. The summed E-state index contributed by atoms with van der Waals surface area (Å²) in [5.74, 6) is -1.84. The van der Waals surface area contributed by atoms with Crippen LogP contribution in [0.2, 0.25) is 5.02 Å². The minimum atomic E-state index is -4.05. The third-order valence-corrected chi connectivity index (χ3v) is 9.02. The Kier molecular flexibility index (Phi) is 6.60. The molecule has 0 amide bonds. The number of pyridine rings is 1. The number of aryl methyl sites for hydroxylation is 1. The first-order valence-corrected chi connectivity index (χ1v) is 13.8. The van der Waals surface area contributed by atoms with Crippen molar-refractivity contribution in [2.24, 2.45) is 5.41 Å². The van der Waals surface area contributed by atoms with Gasteiger partial charge in [-0.15, -0.1) is 0 Å². The Balaban J connectivity index is 1.62. The monoisotopic (exact) mass is 557 g/mol. The van der Waals surface area contributed by atoms with E-state index in [0.29, 0.717) is 18.2 Å². The molecule has 1 unspecified atom stereocenters. The van der Waals surface area contributed by atoms with Gasteiger partial charge in [0.2, 0.25) is 0 Å². The number of fused-ring (bicyclic) bond motifs is 1. The number of benzene rings is 1. The zero-order chi connectivity index (χ0) is 27.2. The molecule has 198 valence electrons. The lowest BCUT2D eigenvalue weighted by Crippen LogP contribution is -2.47. The molecule has 1 aliphatic rings. The van der Waals surface area contributed by atoms with Gasteiger partial charge in [-0.2, -0.15) is 0 Å². The quantitative estimate of drug-likeness (QED) is 0.328. The number of aliphatic carboxylic acids is 1. The van der Waals surface area contributed by atoms with Gasteiger partial charge in [0.15, 0.2) is 23.1 Å². The predicted molar refractivity (Wildman–Crippen MR) is 141 cm³/mol. The molecule has 12 heteroatoms. The summed E-state index contributed by atoms with van der Waals surface area (Å²) in [5.41, 5.74) is 0.200. The summed E-state index contributed by atoms with van der Waals surface area (Å²) in [6.07, 6.45) is 6.20. The zero-order valence-corrected chi connectivity index (χ0v) is 22.2. The van der Waals surface area contributed by atoms with Crippen LogP contribution in [0.3, 0.4) is 0 Å². The summed E-state index contributed by atoms with van der Waals surface area (Å²) in [7, 11) is -4.05. The average molecular weight is 558 g/mol. The van der Waals surface area contributed by atoms with Crippen LogP contribution in [-0.2, 0) is 14.8 Å². The van der Waals surface area contributed by atoms with Crippen molar-refractivity contribution in [2.75, 3.05) is 5.32 Å². The van der Waals surface area contributed by atoms with Gasteiger partial charge in [0.25, 0.3) is 10.0 Å². The molecule has 5 rings (SSSR count). The van der Waals surface area contributed by atoms with E-state index in [2.05, 4.69) is 20.3 Å². The molecular weight excluding hydrogens is 533 g/mol. The van der Waals surface area contributed by atoms with Crippen molar-refractivity contribution < 1.29 is 22.7 Å². The van der Waals surface area contributed by atoms with Crippen molar-refractivity contribution in [1.82, 2.24) is 18.9 Å². The van der Waals surface area contributed by atoms with Crippen LogP contribution in [0.15, 0.2) is 53.8 Å². The number of hydrogen-bond acceptors (Lipinski definition) is 7. The second-order valence-electron chi connectivity index (χ2n) is 9.74. The lowest BCUT2D eigenvalue weighted by atomic mass is 9.71. The van der Waals surface area contributed by atoms with E-state index in [1.165, 1.54) is 24.5 Å². The number of carboxylic acid groups (broad SMARTS) is 1. The lowest BCUT2D eigenvalue weighted by Gasteiger charge is -2.38. The van der Waals surface area contributed by atoms with E-state index in [9.17, 15) is 22.7 Å². The fraction of sp³-hybridized carbons (Fsp3) is 0.308. The van der Waals surface area contributed by atoms with Crippen molar-refractivity contribution in [3.63, 3.8) is 0 Å². The number of carbonyl (C=O) groups is 1. The van der Waals surface area contributed by atoms with Gasteiger partial charge in [-0.1, -0.05) is 42.1 Å². The van der Waals surface area contributed by atoms with Crippen LogP contribution >= 0.6 is 11.6 Å². The number of nitrogens with zero attached hydrogens (tertiary/aromatic N) is 4. The van der Waals surface area contributed by atoms with E-state index in [1.807, 2.05) is 6.92 Å². The summed E-state index contributed by atoms with van der Waals surface area (Å²) in [6, 6.07) is 7.40. The summed E-state index contributed by atoms with van der Waals surface area (Å²) in [4.78, 5) is 24.8. The van der Waals surface area contributed by atoms with Crippen molar-refractivity contribution in [3.05, 3.63) is 65.3 Å². The third-order valence-electron chi connectivity index (χ3n) is 7.15. The Morgan fingerprint density at radius 2 is 1.95 bits per heavy atom. The maximum absolute atomic E-state index is 14.9. The van der Waals surface area contributed by atoms with Gasteiger partial charge in [0, 0.05) is 29.4 Å². The Bertz CT molecular complexity index is 1660. The van der Waals surface area contributed by atoms with Crippen LogP contribution in [0.5, 0.6) is 0 Å². The first kappa shape index (κ1) is 26.1. The average Bonchev–Trinajstić information content (AvgIpc) is 3.26. The Labute approximate surface area is 223 Å². The lowest BCUT2D eigenvalue weighted by molar-refractivity contribution is -0.150. The smallest absolute Gasteiger partial charge is 0.311 e. The van der Waals surface area contributed by atoms with Crippen molar-refractivity contribution in [1.29, 1.82) is 0 Å². The van der Waals surface area contributed by atoms with Crippen LogP contribution in [-0.4, -0.2) is 44.5 Å². The standard InChI is InChI=1S/C26H25ClFN5O4S/c1-15-6-8-17(9-7-15)38(36,37)33-14-19(18-11-16(27)12-30-24(18)33)22-29-13-20(28)23(32-22)31-21-5-3-4-10-26(21,2)25(34)35/h6-9,11-14,21H,3-5,10H2,1-2H3,(H,34,35)(H,29,31,32)/t21?,26-/m0/s1. The fourth-order valence-corrected chi connectivity index (χ4v) is 6.31. The van der Waals surface area contributed by atoms with E-state index in [0.717, 1.165) is 28.6 Å². The molecule has 3 aromatic heterocycles. The summed E-state index contributed by atoms with van der Waals surface area (Å²) in [5, 5.41) is 13.4. The van der Waals surface area contributed by atoms with Crippen LogP contribution in [0, 0.1) is 18.2 Å². The minimum Gasteiger partial charge on any atom is -0.481 e. The van der Waals surface area contributed by atoms with E-state index < -0.39 is 33.3 Å². The van der Waals surface area contributed by atoms with Crippen LogP contribution < -0.4 is 5.32 Å². The Hall–Kier alpha value is -3.57. The maximum atomic E-state index is 14.9. The van der Waals surface area contributed by atoms with Crippen LogP contribution in [0.4, 0.5) is 10.2 Å². The fourth-order valence-electron chi connectivity index (χ4n) is 4.82. The van der Waals surface area contributed by atoms with Crippen LogP contribution in [0.1, 0.15) is 38.2 Å². The molecule has 1 saturated carbocycles. The third kappa shape index (κ3) is 4.49. The molecule has 1 aliphatic carbocycles. The molecule has 38 heavy (non-hydrogen) atoms. The number of rotatable bonds is 6. The van der Waals surface area contributed by atoms with Crippen molar-refractivity contribution in [3.8, 4) is 11.4 Å². The molecule has 0 aliphatic heterocycles. The topological polar surface area (TPSA) is 127 Å². The van der Waals surface area contributed by atoms with E-state index in [4.69, 9.17) is 11.6 Å². The molecule has 3 heterocycles. The Morgan fingerprint density at radius 1 is 1.21 bits per heavy atom. The second kappa shape index (κ2) is 9.63. The molecular formula is C26H25ClFN5O4S.